The van der Waals surface area contributed by atoms with Crippen LogP contribution in [0.15, 0.2) is 85.2 Å². The van der Waals surface area contributed by atoms with Crippen LogP contribution in [0.25, 0.3) is 0 Å². The lowest BCUT2D eigenvalue weighted by molar-refractivity contribution is -0.0146. The fourth-order valence-corrected chi connectivity index (χ4v) is 4.51. The Morgan fingerprint density at radius 3 is 2.00 bits per heavy atom. The topological polar surface area (TPSA) is 45.6 Å². The Morgan fingerprint density at radius 2 is 1.43 bits per heavy atom. The normalized spacial score (nSPS) is 15.8. The molecule has 4 nitrogen and oxygen atoms in total. The molecule has 0 spiro atoms. The molecule has 1 fully saturated rings. The first-order valence-electron chi connectivity index (χ1n) is 10.9. The highest BCUT2D eigenvalue weighted by Gasteiger charge is 2.41. The van der Waals surface area contributed by atoms with Crippen molar-refractivity contribution in [3.63, 3.8) is 0 Å². The van der Waals surface area contributed by atoms with E-state index in [9.17, 15) is 5.11 Å². The van der Waals surface area contributed by atoms with Crippen molar-refractivity contribution in [2.45, 2.75) is 24.9 Å². The van der Waals surface area contributed by atoms with Crippen LogP contribution in [0.2, 0.25) is 0 Å². The molecule has 3 aromatic rings. The molecule has 0 amide bonds. The lowest BCUT2D eigenvalue weighted by atomic mass is 9.72. The minimum atomic E-state index is -0.945. The zero-order valence-electron chi connectivity index (χ0n) is 17.4. The Labute approximate surface area is 179 Å². The molecule has 1 aliphatic rings. The van der Waals surface area contributed by atoms with E-state index in [1.165, 1.54) is 0 Å². The van der Waals surface area contributed by atoms with Crippen LogP contribution >= 0.6 is 0 Å². The van der Waals surface area contributed by atoms with Gasteiger partial charge < -0.3 is 14.7 Å². The third-order valence-corrected chi connectivity index (χ3v) is 6.14. The average Bonchev–Trinajstić information content (AvgIpc) is 2.83. The molecule has 0 atom stereocenters. The van der Waals surface area contributed by atoms with Crippen molar-refractivity contribution in [3.05, 3.63) is 96.3 Å². The third kappa shape index (κ3) is 4.72. The fourth-order valence-electron chi connectivity index (χ4n) is 4.51. The first kappa shape index (κ1) is 20.6. The maximum absolute atomic E-state index is 12.0. The molecular formula is C26H30N2O2. The molecule has 30 heavy (non-hydrogen) atoms. The molecule has 0 unspecified atom stereocenters. The summed E-state index contributed by atoms with van der Waals surface area (Å²) in [7, 11) is 0. The van der Waals surface area contributed by atoms with E-state index in [-0.39, 0.29) is 5.92 Å². The molecule has 2 heterocycles. The van der Waals surface area contributed by atoms with Gasteiger partial charge in [0.25, 0.3) is 0 Å². The molecule has 1 N–H and O–H groups in total. The molecule has 1 saturated heterocycles. The second-order valence-electron chi connectivity index (χ2n) is 8.00. The summed E-state index contributed by atoms with van der Waals surface area (Å²) in [5.74, 6) is 1.08. The second kappa shape index (κ2) is 9.88. The van der Waals surface area contributed by atoms with Gasteiger partial charge in [-0.25, -0.2) is 0 Å². The van der Waals surface area contributed by atoms with Crippen molar-refractivity contribution >= 4 is 0 Å². The van der Waals surface area contributed by atoms with Gasteiger partial charge in [-0.05, 0) is 61.5 Å². The predicted molar refractivity (Wildman–Crippen MR) is 119 cm³/mol. The Kier molecular flexibility index (Phi) is 6.77. The van der Waals surface area contributed by atoms with Crippen LogP contribution in [0.3, 0.4) is 0 Å². The lowest BCUT2D eigenvalue weighted by Gasteiger charge is -2.42. The number of aromatic nitrogens is 1. The number of aliphatic hydroxyl groups is 1. The molecule has 0 radical (unpaired) electrons. The van der Waals surface area contributed by atoms with Crippen molar-refractivity contribution in [2.24, 2.45) is 5.92 Å². The highest BCUT2D eigenvalue weighted by molar-refractivity contribution is 5.37. The van der Waals surface area contributed by atoms with Gasteiger partial charge >= 0.3 is 0 Å². The van der Waals surface area contributed by atoms with E-state index >= 15 is 0 Å². The van der Waals surface area contributed by atoms with E-state index in [0.717, 1.165) is 55.8 Å². The van der Waals surface area contributed by atoms with Crippen LogP contribution in [-0.4, -0.2) is 41.2 Å². The minimum absolute atomic E-state index is 0.201. The first-order valence-corrected chi connectivity index (χ1v) is 10.9. The van der Waals surface area contributed by atoms with Crippen molar-refractivity contribution in [1.82, 2.24) is 9.88 Å². The van der Waals surface area contributed by atoms with Gasteiger partial charge in [-0.1, -0.05) is 60.7 Å². The van der Waals surface area contributed by atoms with Gasteiger partial charge in [0, 0.05) is 18.9 Å². The largest absolute Gasteiger partial charge is 0.493 e. The summed E-state index contributed by atoms with van der Waals surface area (Å²) in [5.41, 5.74) is 1.03. The molecule has 0 saturated carbocycles. The molecule has 1 aliphatic heterocycles. The lowest BCUT2D eigenvalue weighted by Crippen LogP contribution is -2.44. The molecule has 4 heteroatoms. The Balaban J connectivity index is 1.35. The zero-order valence-corrected chi connectivity index (χ0v) is 17.4. The van der Waals surface area contributed by atoms with Gasteiger partial charge in [-0.15, -0.1) is 0 Å². The predicted octanol–water partition coefficient (Wildman–Crippen LogP) is 4.50. The van der Waals surface area contributed by atoms with Gasteiger partial charge in [0.05, 0.1) is 6.61 Å². The highest BCUT2D eigenvalue weighted by atomic mass is 16.5. The molecular weight excluding hydrogens is 372 g/mol. The summed E-state index contributed by atoms with van der Waals surface area (Å²) >= 11 is 0. The number of piperidine rings is 1. The van der Waals surface area contributed by atoms with Crippen LogP contribution < -0.4 is 4.74 Å². The summed E-state index contributed by atoms with van der Waals surface area (Å²) in [6, 6.07) is 24.1. The van der Waals surface area contributed by atoms with Crippen LogP contribution in [0.1, 0.15) is 30.4 Å². The number of hydrogen-bond donors (Lipinski definition) is 1. The average molecular weight is 403 g/mol. The van der Waals surface area contributed by atoms with Crippen LogP contribution in [-0.2, 0) is 5.60 Å². The maximum Gasteiger partial charge on any atom is 0.122 e. The molecule has 2 aromatic carbocycles. The number of rotatable bonds is 8. The smallest absolute Gasteiger partial charge is 0.122 e. The highest BCUT2D eigenvalue weighted by Crippen LogP contribution is 2.41. The standard InChI is InChI=1S/C26H30N2O2/c29-26(22-8-3-1-4-9-22,23-10-5-2-6-11-23)24-14-19-28(20-15-24)18-7-21-30-25-12-16-27-17-13-25/h1-6,8-13,16-17,24,29H,7,14-15,18-21H2. The summed E-state index contributed by atoms with van der Waals surface area (Å²) in [6.07, 6.45) is 6.45. The van der Waals surface area contributed by atoms with E-state index < -0.39 is 5.60 Å². The Hall–Kier alpha value is -2.69. The quantitative estimate of drug-likeness (QED) is 0.564. The van der Waals surface area contributed by atoms with Crippen molar-refractivity contribution in [1.29, 1.82) is 0 Å². The summed E-state index contributed by atoms with van der Waals surface area (Å²) in [5, 5.41) is 12.0. The summed E-state index contributed by atoms with van der Waals surface area (Å²) in [4.78, 5) is 6.50. The van der Waals surface area contributed by atoms with E-state index in [1.807, 2.05) is 48.5 Å². The second-order valence-corrected chi connectivity index (χ2v) is 8.00. The third-order valence-electron chi connectivity index (χ3n) is 6.14. The molecule has 4 rings (SSSR count). The molecule has 0 bridgehead atoms. The van der Waals surface area contributed by atoms with Crippen molar-refractivity contribution in [3.8, 4) is 5.75 Å². The number of pyridine rings is 1. The first-order chi connectivity index (χ1) is 14.8. The Morgan fingerprint density at radius 1 is 0.867 bits per heavy atom. The van der Waals surface area contributed by atoms with Gasteiger partial charge in [0.2, 0.25) is 0 Å². The van der Waals surface area contributed by atoms with Crippen LogP contribution in [0, 0.1) is 5.92 Å². The number of benzene rings is 2. The van der Waals surface area contributed by atoms with E-state index in [0.29, 0.717) is 6.61 Å². The van der Waals surface area contributed by atoms with E-state index in [2.05, 4.69) is 34.1 Å². The maximum atomic E-state index is 12.0. The fraction of sp³-hybridized carbons (Fsp3) is 0.346. The summed E-state index contributed by atoms with van der Waals surface area (Å²) < 4.78 is 5.78. The monoisotopic (exact) mass is 402 g/mol. The SMILES string of the molecule is OC(c1ccccc1)(c1ccccc1)C1CCN(CCCOc2ccncc2)CC1. The van der Waals surface area contributed by atoms with Gasteiger partial charge in [0.1, 0.15) is 11.4 Å². The van der Waals surface area contributed by atoms with Crippen molar-refractivity contribution < 1.29 is 9.84 Å². The molecule has 156 valence electrons. The number of likely N-dealkylation sites (tertiary alicyclic amines) is 1. The Bertz CT molecular complexity index is 839. The van der Waals surface area contributed by atoms with Crippen LogP contribution in [0.5, 0.6) is 5.75 Å². The van der Waals surface area contributed by atoms with E-state index in [4.69, 9.17) is 4.74 Å². The number of ether oxygens (including phenoxy) is 1. The molecule has 1 aromatic heterocycles. The van der Waals surface area contributed by atoms with Crippen LogP contribution in [0.4, 0.5) is 0 Å². The van der Waals surface area contributed by atoms with Gasteiger partial charge in [-0.2, -0.15) is 0 Å². The zero-order chi connectivity index (χ0) is 20.7. The number of nitrogens with zero attached hydrogens (tertiary/aromatic N) is 2. The number of hydrogen-bond acceptors (Lipinski definition) is 4. The summed E-state index contributed by atoms with van der Waals surface area (Å²) in [6.45, 7) is 3.73. The van der Waals surface area contributed by atoms with Gasteiger partial charge in [0.15, 0.2) is 0 Å². The van der Waals surface area contributed by atoms with Gasteiger partial charge in [-0.3, -0.25) is 4.98 Å². The van der Waals surface area contributed by atoms with Crippen molar-refractivity contribution in [2.75, 3.05) is 26.2 Å². The van der Waals surface area contributed by atoms with E-state index in [1.54, 1.807) is 12.4 Å². The minimum Gasteiger partial charge on any atom is -0.493 e. The molecule has 0 aliphatic carbocycles.